The average molecular weight is 575 g/mol. The van der Waals surface area contributed by atoms with Gasteiger partial charge in [0.2, 0.25) is 0 Å². The molecular weight excluding hydrogens is 547 g/mol. The monoisotopic (exact) mass is 574 g/mol. The number of hydrogen-bond acceptors (Lipinski definition) is 8. The molecule has 7 nitrogen and oxygen atoms in total. The quantitative estimate of drug-likeness (QED) is 0.246. The number of carbonyl (C=O) groups is 3. The number of esters is 3. The topological polar surface area (TPSA) is 88.1 Å². The van der Waals surface area contributed by atoms with Gasteiger partial charge in [0.05, 0.1) is 0 Å². The van der Waals surface area contributed by atoms with Crippen molar-refractivity contribution in [2.45, 2.75) is 57.7 Å². The summed E-state index contributed by atoms with van der Waals surface area (Å²) in [4.78, 5) is 38.0. The van der Waals surface area contributed by atoms with Crippen molar-refractivity contribution in [3.05, 3.63) is 81.7 Å². The molecule has 2 aromatic carbocycles. The fourth-order valence-electron chi connectivity index (χ4n) is 4.61. The summed E-state index contributed by atoms with van der Waals surface area (Å²) in [5.41, 5.74) is 2.44. The molecule has 0 spiro atoms. The lowest BCUT2D eigenvalue weighted by molar-refractivity contribution is -0.250. The van der Waals surface area contributed by atoms with Crippen LogP contribution in [0.4, 0.5) is 4.39 Å². The number of rotatable bonds is 8. The van der Waals surface area contributed by atoms with Crippen LogP contribution in [0.1, 0.15) is 42.9 Å². The van der Waals surface area contributed by atoms with E-state index < -0.39 is 55.1 Å². The van der Waals surface area contributed by atoms with Crippen molar-refractivity contribution in [1.82, 2.24) is 0 Å². The highest BCUT2D eigenvalue weighted by molar-refractivity contribution is 7.15. The molecule has 1 fully saturated rings. The lowest BCUT2D eigenvalue weighted by Crippen LogP contribution is -2.59. The van der Waals surface area contributed by atoms with Crippen molar-refractivity contribution < 1.29 is 37.7 Å². The van der Waals surface area contributed by atoms with Gasteiger partial charge in [-0.25, -0.2) is 4.39 Å². The maximum absolute atomic E-state index is 14.2. The lowest BCUT2D eigenvalue weighted by atomic mass is 9.89. The van der Waals surface area contributed by atoms with Crippen LogP contribution in [0.3, 0.4) is 0 Å². The van der Waals surface area contributed by atoms with Gasteiger partial charge in [-0.15, -0.1) is 11.3 Å². The number of alkyl halides is 1. The van der Waals surface area contributed by atoms with E-state index in [1.165, 1.54) is 6.92 Å². The molecule has 0 bridgehead atoms. The first-order valence-electron chi connectivity index (χ1n) is 12.3. The van der Waals surface area contributed by atoms with Gasteiger partial charge in [-0.05, 0) is 34.9 Å². The highest BCUT2D eigenvalue weighted by Crippen LogP contribution is 2.39. The van der Waals surface area contributed by atoms with Gasteiger partial charge in [0.25, 0.3) is 0 Å². The van der Waals surface area contributed by atoms with Gasteiger partial charge in [-0.2, -0.15) is 0 Å². The summed E-state index contributed by atoms with van der Waals surface area (Å²) in [6, 6.07) is 19.3. The molecule has 10 heteroatoms. The summed E-state index contributed by atoms with van der Waals surface area (Å²) in [7, 11) is 0. The average Bonchev–Trinajstić information content (AvgIpc) is 3.36. The molecule has 39 heavy (non-hydrogen) atoms. The molecule has 0 amide bonds. The van der Waals surface area contributed by atoms with E-state index in [-0.39, 0.29) is 0 Å². The van der Waals surface area contributed by atoms with Crippen LogP contribution in [0.5, 0.6) is 0 Å². The van der Waals surface area contributed by atoms with Crippen molar-refractivity contribution >= 4 is 40.8 Å². The predicted octanol–water partition coefficient (Wildman–Crippen LogP) is 5.86. The van der Waals surface area contributed by atoms with E-state index in [4.69, 9.17) is 30.5 Å². The van der Waals surface area contributed by atoms with Gasteiger partial charge in [0, 0.05) is 42.0 Å². The second-order valence-electron chi connectivity index (χ2n) is 9.13. The Hall–Kier alpha value is -3.27. The van der Waals surface area contributed by atoms with Crippen LogP contribution < -0.4 is 0 Å². The highest BCUT2D eigenvalue weighted by Gasteiger charge is 2.52. The van der Waals surface area contributed by atoms with Crippen molar-refractivity contribution in [3.63, 3.8) is 0 Å². The van der Waals surface area contributed by atoms with Crippen molar-refractivity contribution in [2.75, 3.05) is 6.67 Å². The molecule has 0 aliphatic carbocycles. The van der Waals surface area contributed by atoms with Crippen molar-refractivity contribution in [3.8, 4) is 10.4 Å². The number of carbonyl (C=O) groups excluding carboxylic acids is 3. The molecule has 0 saturated carbocycles. The first kappa shape index (κ1) is 28.7. The Labute approximate surface area is 234 Å². The second kappa shape index (κ2) is 12.7. The minimum atomic E-state index is -1.31. The Morgan fingerprint density at radius 3 is 2.15 bits per heavy atom. The zero-order chi connectivity index (χ0) is 28.1. The molecule has 206 valence electrons. The predicted molar refractivity (Wildman–Crippen MR) is 144 cm³/mol. The number of halogens is 2. The van der Waals surface area contributed by atoms with Crippen LogP contribution in [-0.2, 0) is 39.8 Å². The SMILES string of the molecule is CC(=O)OC1[C@H](OC(C)=O)C(CF)OC(c2ccc(Cl)c(Cc3ccc(-c4ccccc4)s3)c2)[C@@H]1OC(C)=O. The van der Waals surface area contributed by atoms with Crippen LogP contribution in [0, 0.1) is 0 Å². The van der Waals surface area contributed by atoms with Crippen LogP contribution in [0.25, 0.3) is 10.4 Å². The Balaban J connectivity index is 1.68. The number of thiophene rings is 1. The third-order valence-electron chi connectivity index (χ3n) is 6.17. The van der Waals surface area contributed by atoms with Gasteiger partial charge in [-0.1, -0.05) is 54.1 Å². The fourth-order valence-corrected chi connectivity index (χ4v) is 5.83. The summed E-state index contributed by atoms with van der Waals surface area (Å²) in [5.74, 6) is -2.11. The Morgan fingerprint density at radius 1 is 0.872 bits per heavy atom. The van der Waals surface area contributed by atoms with E-state index >= 15 is 0 Å². The number of hydrogen-bond donors (Lipinski definition) is 0. The van der Waals surface area contributed by atoms with Gasteiger partial charge in [0.1, 0.15) is 18.9 Å². The zero-order valence-corrected chi connectivity index (χ0v) is 23.2. The van der Waals surface area contributed by atoms with Crippen LogP contribution in [0.15, 0.2) is 60.7 Å². The summed E-state index contributed by atoms with van der Waals surface area (Å²) >= 11 is 8.20. The Morgan fingerprint density at radius 2 is 1.51 bits per heavy atom. The van der Waals surface area contributed by atoms with Gasteiger partial charge in [0.15, 0.2) is 18.3 Å². The van der Waals surface area contributed by atoms with Crippen molar-refractivity contribution in [2.24, 2.45) is 0 Å². The molecule has 1 saturated heterocycles. The van der Waals surface area contributed by atoms with E-state index in [2.05, 4.69) is 6.07 Å². The molecule has 1 aliphatic rings. The normalized spacial score (nSPS) is 22.6. The summed E-state index contributed by atoms with van der Waals surface area (Å²) in [6.45, 7) is 2.47. The molecule has 0 radical (unpaired) electrons. The molecule has 2 heterocycles. The largest absolute Gasteiger partial charge is 0.456 e. The summed E-state index contributed by atoms with van der Waals surface area (Å²) in [5, 5.41) is 0.518. The minimum Gasteiger partial charge on any atom is -0.456 e. The smallest absolute Gasteiger partial charge is 0.303 e. The summed E-state index contributed by atoms with van der Waals surface area (Å²) in [6.07, 6.45) is -5.58. The lowest BCUT2D eigenvalue weighted by Gasteiger charge is -2.44. The van der Waals surface area contributed by atoms with Gasteiger partial charge in [-0.3, -0.25) is 14.4 Å². The van der Waals surface area contributed by atoms with E-state index in [0.717, 1.165) is 34.7 Å². The number of benzene rings is 2. The first-order chi connectivity index (χ1) is 18.7. The standard InChI is InChI=1S/C29H28ClFO7S/c1-16(32)35-27-24(15-31)38-26(28(36-17(2)33)29(27)37-18(3)34)20-9-11-23(30)21(13-20)14-22-10-12-25(39-22)19-7-5-4-6-8-19/h4-13,24,26-29H,14-15H2,1-3H3/t24?,26?,27-,28+,29?/m1/s1. The highest BCUT2D eigenvalue weighted by atomic mass is 35.5. The number of ether oxygens (including phenoxy) is 4. The second-order valence-corrected chi connectivity index (χ2v) is 10.7. The van der Waals surface area contributed by atoms with Crippen LogP contribution in [0.2, 0.25) is 5.02 Å². The van der Waals surface area contributed by atoms with E-state index in [1.54, 1.807) is 29.5 Å². The molecule has 1 aliphatic heterocycles. The van der Waals surface area contributed by atoms with Crippen LogP contribution >= 0.6 is 22.9 Å². The Bertz CT molecular complexity index is 1330. The fraction of sp³-hybridized carbons (Fsp3) is 0.345. The van der Waals surface area contributed by atoms with Crippen molar-refractivity contribution in [1.29, 1.82) is 0 Å². The molecule has 3 aromatic rings. The van der Waals surface area contributed by atoms with E-state index in [9.17, 15) is 18.8 Å². The molecule has 0 N–H and O–H groups in total. The zero-order valence-electron chi connectivity index (χ0n) is 21.6. The van der Waals surface area contributed by atoms with Crippen LogP contribution in [-0.4, -0.2) is 49.0 Å². The van der Waals surface area contributed by atoms with E-state index in [0.29, 0.717) is 17.0 Å². The third kappa shape index (κ3) is 7.03. The Kier molecular flexibility index (Phi) is 9.37. The first-order valence-corrected chi connectivity index (χ1v) is 13.5. The van der Waals surface area contributed by atoms with Gasteiger partial charge < -0.3 is 18.9 Å². The molecule has 3 unspecified atom stereocenters. The molecule has 1 aromatic heterocycles. The maximum Gasteiger partial charge on any atom is 0.303 e. The molecule has 4 rings (SSSR count). The maximum atomic E-state index is 14.2. The third-order valence-corrected chi connectivity index (χ3v) is 7.68. The van der Waals surface area contributed by atoms with Gasteiger partial charge >= 0.3 is 17.9 Å². The van der Waals surface area contributed by atoms with E-state index in [1.807, 2.05) is 36.4 Å². The minimum absolute atomic E-state index is 0.518. The molecular formula is C29H28ClFO7S. The summed E-state index contributed by atoms with van der Waals surface area (Å²) < 4.78 is 36.4. The molecule has 5 atom stereocenters.